The van der Waals surface area contributed by atoms with Gasteiger partial charge in [-0.1, -0.05) is 30.3 Å². The highest BCUT2D eigenvalue weighted by Gasteiger charge is 2.22. The summed E-state index contributed by atoms with van der Waals surface area (Å²) in [5.74, 6) is 1.08. The second kappa shape index (κ2) is 7.22. The molecule has 0 atom stereocenters. The van der Waals surface area contributed by atoms with Gasteiger partial charge in [0, 0.05) is 35.0 Å². The maximum absolute atomic E-state index is 12.5. The van der Waals surface area contributed by atoms with Crippen molar-refractivity contribution < 1.29 is 4.42 Å². The van der Waals surface area contributed by atoms with Crippen molar-refractivity contribution in [3.05, 3.63) is 87.3 Å². The third-order valence-electron chi connectivity index (χ3n) is 5.01. The second-order valence-electron chi connectivity index (χ2n) is 6.91. The maximum atomic E-state index is 12.5. The van der Waals surface area contributed by atoms with Crippen molar-refractivity contribution >= 4 is 11.3 Å². The van der Waals surface area contributed by atoms with E-state index in [-0.39, 0.29) is 5.56 Å². The maximum Gasteiger partial charge on any atom is 0.254 e. The lowest BCUT2D eigenvalue weighted by molar-refractivity contribution is 0.242. The molecule has 0 spiro atoms. The molecule has 1 aromatic carbocycles. The minimum Gasteiger partial charge on any atom is -0.461 e. The first-order valence-corrected chi connectivity index (χ1v) is 10.1. The molecule has 0 saturated carbocycles. The number of H-pyrrole nitrogens is 1. The zero-order valence-electron chi connectivity index (χ0n) is 15.2. The van der Waals surface area contributed by atoms with Gasteiger partial charge in [-0.15, -0.1) is 11.3 Å². The van der Waals surface area contributed by atoms with Crippen LogP contribution in [-0.4, -0.2) is 21.4 Å². The number of benzene rings is 1. The number of nitrogens with one attached hydrogen (secondary N) is 1. The van der Waals surface area contributed by atoms with Crippen LogP contribution in [0.25, 0.3) is 22.0 Å². The summed E-state index contributed by atoms with van der Waals surface area (Å²) in [6, 6.07) is 18.4. The summed E-state index contributed by atoms with van der Waals surface area (Å²) in [5.41, 5.74) is 2.83. The number of fused-ring (bicyclic) bond motifs is 1. The van der Waals surface area contributed by atoms with Gasteiger partial charge in [0.15, 0.2) is 11.6 Å². The van der Waals surface area contributed by atoms with E-state index in [2.05, 4.69) is 51.3 Å². The number of aromatic nitrogens is 2. The van der Waals surface area contributed by atoms with Crippen molar-refractivity contribution in [3.8, 4) is 22.0 Å². The van der Waals surface area contributed by atoms with E-state index < -0.39 is 0 Å². The van der Waals surface area contributed by atoms with Crippen molar-refractivity contribution in [2.75, 3.05) is 6.54 Å². The summed E-state index contributed by atoms with van der Waals surface area (Å²) in [4.78, 5) is 24.9. The van der Waals surface area contributed by atoms with Crippen LogP contribution in [0.1, 0.15) is 16.1 Å². The molecule has 0 saturated heterocycles. The third-order valence-corrected chi connectivity index (χ3v) is 6.13. The van der Waals surface area contributed by atoms with Crippen LogP contribution >= 0.6 is 11.3 Å². The Morgan fingerprint density at radius 3 is 2.82 bits per heavy atom. The van der Waals surface area contributed by atoms with Crippen LogP contribution in [-0.2, 0) is 19.5 Å². The largest absolute Gasteiger partial charge is 0.461 e. The summed E-state index contributed by atoms with van der Waals surface area (Å²) in [6.45, 7) is 2.39. The Morgan fingerprint density at radius 1 is 1.11 bits per heavy atom. The number of thiophene rings is 1. The lowest BCUT2D eigenvalue weighted by atomic mass is 10.1. The Balaban J connectivity index is 1.36. The van der Waals surface area contributed by atoms with Gasteiger partial charge in [0.05, 0.1) is 12.0 Å². The smallest absolute Gasteiger partial charge is 0.254 e. The van der Waals surface area contributed by atoms with Crippen molar-refractivity contribution in [3.63, 3.8) is 0 Å². The first-order chi connectivity index (χ1) is 13.8. The van der Waals surface area contributed by atoms with E-state index in [1.165, 1.54) is 15.3 Å². The molecule has 6 heteroatoms. The number of hydrogen-bond donors (Lipinski definition) is 1. The van der Waals surface area contributed by atoms with Crippen LogP contribution in [0.15, 0.2) is 70.1 Å². The van der Waals surface area contributed by atoms with Crippen LogP contribution in [0, 0.1) is 0 Å². The van der Waals surface area contributed by atoms with Gasteiger partial charge in [0.25, 0.3) is 5.56 Å². The number of aromatic amines is 1. The van der Waals surface area contributed by atoms with E-state index in [0.717, 1.165) is 24.3 Å². The molecule has 1 aliphatic heterocycles. The fourth-order valence-corrected chi connectivity index (χ4v) is 4.66. The van der Waals surface area contributed by atoms with E-state index in [9.17, 15) is 4.79 Å². The van der Waals surface area contributed by atoms with Gasteiger partial charge in [-0.2, -0.15) is 0 Å². The van der Waals surface area contributed by atoms with E-state index in [1.807, 2.05) is 23.5 Å². The van der Waals surface area contributed by atoms with Crippen LogP contribution in [0.4, 0.5) is 0 Å². The molecule has 140 valence electrons. The molecular formula is C22H19N3O2S. The average Bonchev–Trinajstić information content (AvgIpc) is 3.41. The average molecular weight is 389 g/mol. The molecule has 1 N–H and O–H groups in total. The minimum atomic E-state index is -0.0569. The topological polar surface area (TPSA) is 62.1 Å². The van der Waals surface area contributed by atoms with Crippen molar-refractivity contribution in [2.45, 2.75) is 19.5 Å². The van der Waals surface area contributed by atoms with Crippen LogP contribution in [0.3, 0.4) is 0 Å². The quantitative estimate of drug-likeness (QED) is 0.565. The van der Waals surface area contributed by atoms with Crippen LogP contribution < -0.4 is 5.56 Å². The highest BCUT2D eigenvalue weighted by Crippen LogP contribution is 2.29. The van der Waals surface area contributed by atoms with Crippen LogP contribution in [0.2, 0.25) is 0 Å². The summed E-state index contributed by atoms with van der Waals surface area (Å²) in [5, 5.41) is 0. The second-order valence-corrected chi connectivity index (χ2v) is 8.08. The molecule has 0 amide bonds. The number of rotatable bonds is 4. The predicted octanol–water partition coefficient (Wildman–Crippen LogP) is 4.32. The summed E-state index contributed by atoms with van der Waals surface area (Å²) in [6.07, 6.45) is 2.30. The van der Waals surface area contributed by atoms with E-state index in [1.54, 1.807) is 12.3 Å². The van der Waals surface area contributed by atoms with Gasteiger partial charge in [-0.3, -0.25) is 9.69 Å². The zero-order valence-corrected chi connectivity index (χ0v) is 16.0. The first kappa shape index (κ1) is 17.2. The van der Waals surface area contributed by atoms with Gasteiger partial charge in [-0.25, -0.2) is 4.98 Å². The van der Waals surface area contributed by atoms with E-state index in [4.69, 9.17) is 4.42 Å². The van der Waals surface area contributed by atoms with Gasteiger partial charge >= 0.3 is 0 Å². The normalized spacial score (nSPS) is 14.1. The molecule has 0 fully saturated rings. The molecule has 3 aromatic heterocycles. The van der Waals surface area contributed by atoms with Gasteiger partial charge < -0.3 is 9.40 Å². The molecule has 5 nitrogen and oxygen atoms in total. The van der Waals surface area contributed by atoms with Crippen molar-refractivity contribution in [1.82, 2.24) is 14.9 Å². The molecule has 0 unspecified atom stereocenters. The van der Waals surface area contributed by atoms with E-state index >= 15 is 0 Å². The van der Waals surface area contributed by atoms with E-state index in [0.29, 0.717) is 24.6 Å². The number of hydrogen-bond acceptors (Lipinski definition) is 5. The number of furan rings is 1. The van der Waals surface area contributed by atoms with Gasteiger partial charge in [-0.05, 0) is 36.2 Å². The Morgan fingerprint density at radius 2 is 2.00 bits per heavy atom. The predicted molar refractivity (Wildman–Crippen MR) is 110 cm³/mol. The lowest BCUT2D eigenvalue weighted by Gasteiger charge is -2.27. The van der Waals surface area contributed by atoms with Gasteiger partial charge in [0.2, 0.25) is 0 Å². The molecule has 1 aliphatic rings. The van der Waals surface area contributed by atoms with Crippen LogP contribution in [0.5, 0.6) is 0 Å². The minimum absolute atomic E-state index is 0.0569. The lowest BCUT2D eigenvalue weighted by Crippen LogP contribution is -2.34. The zero-order chi connectivity index (χ0) is 18.9. The first-order valence-electron chi connectivity index (χ1n) is 9.29. The standard InChI is InChI=1S/C22H19N3O2S/c26-22-17-10-11-25(14-18(17)23-21(24-22)19-7-4-12-27-19)13-16-8-9-20(28-16)15-5-2-1-3-6-15/h1-9,12H,10-11,13-14H2,(H,23,24,26). The highest BCUT2D eigenvalue weighted by molar-refractivity contribution is 7.15. The molecular weight excluding hydrogens is 370 g/mol. The highest BCUT2D eigenvalue weighted by atomic mass is 32.1. The molecule has 28 heavy (non-hydrogen) atoms. The molecule has 0 radical (unpaired) electrons. The summed E-state index contributed by atoms with van der Waals surface area (Å²) >= 11 is 1.82. The SMILES string of the molecule is O=c1[nH]c(-c2ccco2)nc2c1CCN(Cc1ccc(-c3ccccc3)s1)C2. The third kappa shape index (κ3) is 3.32. The Labute approximate surface area is 166 Å². The summed E-state index contributed by atoms with van der Waals surface area (Å²) < 4.78 is 5.39. The molecule has 4 heterocycles. The van der Waals surface area contributed by atoms with Crippen molar-refractivity contribution in [2.24, 2.45) is 0 Å². The number of nitrogens with zero attached hydrogens (tertiary/aromatic N) is 2. The summed E-state index contributed by atoms with van der Waals surface area (Å²) in [7, 11) is 0. The Kier molecular flexibility index (Phi) is 4.43. The Bertz CT molecular complexity index is 1150. The monoisotopic (exact) mass is 389 g/mol. The molecule has 5 rings (SSSR count). The fraction of sp³-hybridized carbons (Fsp3) is 0.182. The Hall–Kier alpha value is -2.96. The molecule has 0 bridgehead atoms. The fourth-order valence-electron chi connectivity index (χ4n) is 3.60. The van der Waals surface area contributed by atoms with Gasteiger partial charge in [0.1, 0.15) is 0 Å². The van der Waals surface area contributed by atoms with Crippen molar-refractivity contribution in [1.29, 1.82) is 0 Å². The molecule has 4 aromatic rings. The molecule has 0 aliphatic carbocycles.